The normalized spacial score (nSPS) is 22.1. The Balaban J connectivity index is 0.766. The predicted octanol–water partition coefficient (Wildman–Crippen LogP) is 11.3. The van der Waals surface area contributed by atoms with Gasteiger partial charge in [-0.15, -0.1) is 11.8 Å². The molecule has 4 aliphatic carbocycles. The summed E-state index contributed by atoms with van der Waals surface area (Å²) in [6.45, 7) is 19.8. The summed E-state index contributed by atoms with van der Waals surface area (Å²) in [5.74, 6) is -0.706. The third kappa shape index (κ3) is 13.7. The van der Waals surface area contributed by atoms with Gasteiger partial charge >= 0.3 is 5.51 Å². The summed E-state index contributed by atoms with van der Waals surface area (Å²) >= 11 is 1.46. The van der Waals surface area contributed by atoms with Crippen molar-refractivity contribution in [1.29, 1.82) is 0 Å². The molecular formula is C65H81F5N6O6S3Si. The maximum atomic E-state index is 14.6. The average molecular weight is 1260 g/mol. The van der Waals surface area contributed by atoms with Crippen molar-refractivity contribution in [3.8, 4) is 0 Å². The van der Waals surface area contributed by atoms with Crippen LogP contribution in [0.5, 0.6) is 0 Å². The molecular weight excluding hydrogens is 1180 g/mol. The summed E-state index contributed by atoms with van der Waals surface area (Å²) in [5.41, 5.74) is -3.27. The van der Waals surface area contributed by atoms with Crippen molar-refractivity contribution >= 4 is 67.6 Å². The van der Waals surface area contributed by atoms with Crippen LogP contribution in [-0.4, -0.2) is 148 Å². The number of rotatable bonds is 23. The fourth-order valence-corrected chi connectivity index (χ4v) is 21.5. The molecule has 0 spiro atoms. The monoisotopic (exact) mass is 1260 g/mol. The molecule has 1 amide bonds. The number of sulfone groups is 1. The van der Waals surface area contributed by atoms with Crippen molar-refractivity contribution in [2.45, 2.75) is 117 Å². The molecule has 0 aromatic heterocycles. The van der Waals surface area contributed by atoms with Crippen LogP contribution in [0.25, 0.3) is 0 Å². The predicted molar refractivity (Wildman–Crippen MR) is 334 cm³/mol. The molecule has 5 fully saturated rings. The molecule has 6 aliphatic rings. The van der Waals surface area contributed by atoms with Gasteiger partial charge in [0.05, 0.1) is 10.6 Å². The molecule has 0 radical (unpaired) electrons. The zero-order valence-corrected chi connectivity index (χ0v) is 53.3. The molecule has 2 saturated heterocycles. The van der Waals surface area contributed by atoms with Crippen LogP contribution in [0.4, 0.5) is 33.3 Å². The minimum absolute atomic E-state index is 0.0280. The van der Waals surface area contributed by atoms with Gasteiger partial charge in [0.1, 0.15) is 4.90 Å². The standard InChI is InChI=1S/C65H81F5N6O6S3Si/c1-61(2,3)86(54-17-11-7-12-18-54,55-19-13-8-14-20-55)82-40-39-74-33-31-73(32-34-74)30-28-50(44-83-52-15-9-6-10-16-52)71-57-26-25-53(41-58(57)84(78,79)65(68,69)70)85(80,81)72-59(77)48-21-23-51(24-22-48)76-37-35-75(36-38-76)43-49-27-29-62(4,5)42-56(49)63-45-64(46-63,47-63)60(66)67/h6-26,41,50,60,71H,27-40,42-47H2,1-5H3,(H,72,77)/t50-,63?,64?/m1/s1. The van der Waals surface area contributed by atoms with E-state index in [-0.39, 0.29) is 21.4 Å². The Morgan fingerprint density at radius 3 is 1.84 bits per heavy atom. The number of hydrogen-bond donors (Lipinski definition) is 2. The summed E-state index contributed by atoms with van der Waals surface area (Å²) in [5, 5.41) is 5.35. The van der Waals surface area contributed by atoms with Crippen molar-refractivity contribution in [2.24, 2.45) is 16.2 Å². The van der Waals surface area contributed by atoms with Crippen LogP contribution in [0, 0.1) is 16.2 Å². The number of piperazine rings is 2. The number of nitrogens with one attached hydrogen (secondary N) is 2. The second-order valence-corrected chi connectivity index (χ2v) is 35.2. The lowest BCUT2D eigenvalue weighted by atomic mass is 9.32. The van der Waals surface area contributed by atoms with E-state index in [1.54, 1.807) is 12.1 Å². The number of amides is 1. The number of sulfonamides is 1. The number of carbonyl (C=O) groups excluding carboxylic acids is 1. The van der Waals surface area contributed by atoms with Crippen molar-refractivity contribution in [2.75, 3.05) is 94.6 Å². The van der Waals surface area contributed by atoms with Gasteiger partial charge < -0.3 is 19.5 Å². The summed E-state index contributed by atoms with van der Waals surface area (Å²) in [6, 6.07) is 38.7. The van der Waals surface area contributed by atoms with Crippen LogP contribution < -0.4 is 25.3 Å². The number of thioether (sulfide) groups is 1. The van der Waals surface area contributed by atoms with Gasteiger partial charge in [0.15, 0.2) is 0 Å². The van der Waals surface area contributed by atoms with Crippen molar-refractivity contribution < 1.29 is 48.0 Å². The van der Waals surface area contributed by atoms with Crippen LogP contribution in [0.3, 0.4) is 0 Å². The molecule has 464 valence electrons. The van der Waals surface area contributed by atoms with E-state index in [0.717, 1.165) is 94.3 Å². The third-order valence-corrected chi connectivity index (χ3v) is 27.8. The SMILES string of the molecule is CC1(C)CCC(CN2CCN(c3ccc(C(=O)NS(=O)(=O)c4ccc(N[C@H](CCN5CCN(CCO[Si](c6ccccc6)(c6ccccc6)C(C)(C)C)CC5)CSc5ccccc5)c(S(=O)(=O)C(F)(F)F)c4)cc3)CC2)=C(C23CC(C(F)F)(C2)C3)C1. The molecule has 21 heteroatoms. The molecule has 11 rings (SSSR count). The average Bonchev–Trinajstić information content (AvgIpc) is 0.670. The van der Waals surface area contributed by atoms with Gasteiger partial charge in [-0.25, -0.2) is 30.3 Å². The van der Waals surface area contributed by atoms with Gasteiger partial charge in [-0.1, -0.05) is 125 Å². The zero-order chi connectivity index (χ0) is 61.3. The van der Waals surface area contributed by atoms with E-state index < -0.39 is 73.0 Å². The van der Waals surface area contributed by atoms with E-state index in [1.807, 2.05) is 47.2 Å². The summed E-state index contributed by atoms with van der Waals surface area (Å²) < 4.78 is 135. The molecule has 86 heavy (non-hydrogen) atoms. The molecule has 0 unspecified atom stereocenters. The van der Waals surface area contributed by atoms with Gasteiger partial charge in [0.25, 0.3) is 34.1 Å². The number of allylic oxidation sites excluding steroid dienone is 1. The Hall–Kier alpha value is -5.13. The van der Waals surface area contributed by atoms with Crippen LogP contribution in [0.1, 0.15) is 89.9 Å². The van der Waals surface area contributed by atoms with Crippen LogP contribution >= 0.6 is 11.8 Å². The Morgan fingerprint density at radius 2 is 1.28 bits per heavy atom. The summed E-state index contributed by atoms with van der Waals surface area (Å²) in [4.78, 5) is 21.6. The first-order chi connectivity index (χ1) is 40.7. The number of benzene rings is 5. The van der Waals surface area contributed by atoms with Gasteiger partial charge in [0, 0.05) is 112 Å². The molecule has 2 bridgehead atoms. The second-order valence-electron chi connectivity index (χ2n) is 26.2. The minimum Gasteiger partial charge on any atom is -0.406 e. The van der Waals surface area contributed by atoms with E-state index >= 15 is 0 Å². The van der Waals surface area contributed by atoms with Crippen molar-refractivity contribution in [3.05, 3.63) is 150 Å². The van der Waals surface area contributed by atoms with Crippen LogP contribution in [0.2, 0.25) is 5.04 Å². The first-order valence-electron chi connectivity index (χ1n) is 30.0. The third-order valence-electron chi connectivity index (χ3n) is 18.7. The lowest BCUT2D eigenvalue weighted by Crippen LogP contribution is -2.67. The molecule has 2 heterocycles. The van der Waals surface area contributed by atoms with E-state index in [4.69, 9.17) is 4.43 Å². The number of alkyl halides is 5. The van der Waals surface area contributed by atoms with E-state index in [2.05, 4.69) is 108 Å². The number of carbonyl (C=O) groups is 1. The van der Waals surface area contributed by atoms with Gasteiger partial charge in [-0.05, 0) is 126 Å². The quantitative estimate of drug-likeness (QED) is 0.0279. The first kappa shape index (κ1) is 63.9. The number of halogens is 5. The number of nitrogens with zero attached hydrogens (tertiary/aromatic N) is 4. The molecule has 3 saturated carbocycles. The lowest BCUT2D eigenvalue weighted by molar-refractivity contribution is -0.250. The Bertz CT molecular complexity index is 3370. The first-order valence-corrected chi connectivity index (χ1v) is 35.8. The fourth-order valence-electron chi connectivity index (χ4n) is 13.9. The zero-order valence-electron chi connectivity index (χ0n) is 49.9. The van der Waals surface area contributed by atoms with E-state index in [0.29, 0.717) is 63.7 Å². The smallest absolute Gasteiger partial charge is 0.406 e. The Morgan fingerprint density at radius 1 is 0.721 bits per heavy atom. The van der Waals surface area contributed by atoms with E-state index in [1.165, 1.54) is 45.4 Å². The van der Waals surface area contributed by atoms with Gasteiger partial charge in [-0.2, -0.15) is 13.2 Å². The van der Waals surface area contributed by atoms with Crippen molar-refractivity contribution in [3.63, 3.8) is 0 Å². The maximum Gasteiger partial charge on any atom is 0.501 e. The molecule has 2 aliphatic heterocycles. The lowest BCUT2D eigenvalue weighted by Gasteiger charge is -2.72. The summed E-state index contributed by atoms with van der Waals surface area (Å²) in [7, 11) is -13.8. The summed E-state index contributed by atoms with van der Waals surface area (Å²) in [6.07, 6.45) is 2.94. The Kier molecular flexibility index (Phi) is 18.9. The largest absolute Gasteiger partial charge is 0.501 e. The molecule has 12 nitrogen and oxygen atoms in total. The highest BCUT2D eigenvalue weighted by atomic mass is 32.2. The number of hydrogen-bond acceptors (Lipinski definition) is 12. The molecule has 1 atom stereocenters. The maximum absolute atomic E-state index is 14.6. The van der Waals surface area contributed by atoms with Crippen LogP contribution in [-0.2, 0) is 24.3 Å². The second kappa shape index (κ2) is 25.4. The topological polar surface area (TPSA) is 132 Å². The van der Waals surface area contributed by atoms with Gasteiger partial charge in [-0.3, -0.25) is 14.6 Å². The highest BCUT2D eigenvalue weighted by molar-refractivity contribution is 7.99. The minimum atomic E-state index is -6.13. The number of anilines is 2. The van der Waals surface area contributed by atoms with Gasteiger partial charge in [0.2, 0.25) is 6.43 Å². The highest BCUT2D eigenvalue weighted by Crippen LogP contribution is 2.79. The molecule has 2 N–H and O–H groups in total. The van der Waals surface area contributed by atoms with E-state index in [9.17, 15) is 43.6 Å². The Labute approximate surface area is 510 Å². The molecule has 5 aromatic carbocycles. The highest BCUT2D eigenvalue weighted by Gasteiger charge is 2.73. The fraction of sp³-hybridized carbons (Fsp3) is 0.492. The molecule has 5 aromatic rings. The van der Waals surface area contributed by atoms with Crippen molar-refractivity contribution in [1.82, 2.24) is 19.4 Å². The van der Waals surface area contributed by atoms with Crippen LogP contribution in [0.15, 0.2) is 159 Å².